The lowest BCUT2D eigenvalue weighted by atomic mass is 9.99. The topological polar surface area (TPSA) is 38.1 Å². The SMILES string of the molecule is Cn1ccc(=[N+]=P(C2CCCCC2)(C2CCCCC2)C2CCCCC2)cc1-c1cc(=[N+]=P(C2CCCCC2)(C2CCCCC2)C2CCCCC2)ccn1C. The van der Waals surface area contributed by atoms with Crippen molar-refractivity contribution in [2.45, 2.75) is 227 Å². The van der Waals surface area contributed by atoms with Crippen molar-refractivity contribution >= 4 is 14.1 Å². The number of aromatic nitrogens is 2. The van der Waals surface area contributed by atoms with E-state index in [-0.39, 0.29) is 0 Å². The maximum atomic E-state index is 6.35. The molecule has 6 fully saturated rings. The summed E-state index contributed by atoms with van der Waals surface area (Å²) in [6.07, 6.45) is 48.0. The molecule has 2 heterocycles. The average molecular weight is 773 g/mol. The predicted molar refractivity (Wildman–Crippen MR) is 235 cm³/mol. The first-order valence-corrected chi connectivity index (χ1v) is 27.7. The molecule has 0 aliphatic heterocycles. The highest BCUT2D eigenvalue weighted by molar-refractivity contribution is 7.68. The third-order valence-corrected chi connectivity index (χ3v) is 27.3. The molecular formula is C48H78N4P2+2. The molecule has 0 spiro atoms. The van der Waals surface area contributed by atoms with Crippen LogP contribution in [0.4, 0.5) is 0 Å². The molecular weight excluding hydrogens is 695 g/mol. The Labute approximate surface area is 330 Å². The molecule has 4 nitrogen and oxygen atoms in total. The molecule has 6 saturated carbocycles. The van der Waals surface area contributed by atoms with E-state index in [1.807, 2.05) is 0 Å². The van der Waals surface area contributed by atoms with Crippen LogP contribution in [-0.4, -0.2) is 43.1 Å². The summed E-state index contributed by atoms with van der Waals surface area (Å²) in [6, 6.07) is 9.89. The minimum atomic E-state index is -1.57. The Morgan fingerprint density at radius 2 is 0.593 bits per heavy atom. The van der Waals surface area contributed by atoms with Gasteiger partial charge in [-0.05, 0) is 77.0 Å². The fourth-order valence-corrected chi connectivity index (χ4v) is 26.2. The maximum absolute atomic E-state index is 6.35. The van der Waals surface area contributed by atoms with Gasteiger partial charge in [0.05, 0.1) is 23.5 Å². The minimum Gasteiger partial charge on any atom is -0.349 e. The molecule has 0 aromatic carbocycles. The van der Waals surface area contributed by atoms with Crippen LogP contribution < -0.4 is 19.6 Å². The Morgan fingerprint density at radius 1 is 0.370 bits per heavy atom. The molecule has 6 heteroatoms. The Morgan fingerprint density at radius 3 is 0.815 bits per heavy atom. The van der Waals surface area contributed by atoms with Crippen LogP contribution in [0.3, 0.4) is 0 Å². The Kier molecular flexibility index (Phi) is 13.5. The van der Waals surface area contributed by atoms with E-state index in [9.17, 15) is 0 Å². The van der Waals surface area contributed by atoms with Gasteiger partial charge in [-0.15, -0.1) is 8.84 Å². The Bertz CT molecular complexity index is 1560. The van der Waals surface area contributed by atoms with Crippen LogP contribution in [0.1, 0.15) is 193 Å². The van der Waals surface area contributed by atoms with Crippen LogP contribution >= 0.6 is 14.1 Å². The van der Waals surface area contributed by atoms with E-state index in [1.165, 1.54) is 215 Å². The highest BCUT2D eigenvalue weighted by Gasteiger charge is 2.54. The smallest absolute Gasteiger partial charge is 0.322 e. The summed E-state index contributed by atoms with van der Waals surface area (Å²) >= 11 is 0. The number of nitrogens with zero attached hydrogens (tertiary/aromatic N) is 4. The lowest BCUT2D eigenvalue weighted by Gasteiger charge is -2.40. The quantitative estimate of drug-likeness (QED) is 0.199. The van der Waals surface area contributed by atoms with Gasteiger partial charge in [0.25, 0.3) is 0 Å². The Balaban J connectivity index is 1.35. The first kappa shape index (κ1) is 39.4. The second-order valence-corrected chi connectivity index (χ2v) is 27.3. The van der Waals surface area contributed by atoms with Crippen LogP contribution in [-0.2, 0) is 14.1 Å². The van der Waals surface area contributed by atoms with Crippen LogP contribution in [0.15, 0.2) is 36.7 Å². The number of pyridine rings is 2. The first-order valence-electron chi connectivity index (χ1n) is 23.8. The van der Waals surface area contributed by atoms with Crippen LogP contribution in [0.25, 0.3) is 11.4 Å². The van der Waals surface area contributed by atoms with Crippen molar-refractivity contribution in [1.29, 1.82) is 0 Å². The molecule has 0 N–H and O–H groups in total. The summed E-state index contributed by atoms with van der Waals surface area (Å²) in [4.78, 5) is 0. The van der Waals surface area contributed by atoms with Gasteiger partial charge < -0.3 is 9.13 Å². The molecule has 2 aromatic rings. The second-order valence-electron chi connectivity index (χ2n) is 19.3. The van der Waals surface area contributed by atoms with Gasteiger partial charge in [-0.3, -0.25) is 0 Å². The summed E-state index contributed by atoms with van der Waals surface area (Å²) < 4.78 is 17.5. The zero-order chi connectivity index (χ0) is 36.8. The maximum Gasteiger partial charge on any atom is 0.322 e. The van der Waals surface area contributed by atoms with Crippen molar-refractivity contribution in [3.05, 3.63) is 47.4 Å². The fourth-order valence-electron chi connectivity index (χ4n) is 13.4. The van der Waals surface area contributed by atoms with Crippen molar-refractivity contribution in [3.63, 3.8) is 0 Å². The monoisotopic (exact) mass is 773 g/mol. The molecule has 0 bridgehead atoms. The number of hydrogen-bond acceptors (Lipinski definition) is 0. The third-order valence-electron chi connectivity index (χ3n) is 16.1. The van der Waals surface area contributed by atoms with Crippen LogP contribution in [0.5, 0.6) is 0 Å². The molecule has 54 heavy (non-hydrogen) atoms. The Hall–Kier alpha value is -1.42. The van der Waals surface area contributed by atoms with Crippen molar-refractivity contribution in [2.24, 2.45) is 14.1 Å². The van der Waals surface area contributed by atoms with E-state index < -0.39 is 14.1 Å². The molecule has 0 unspecified atom stereocenters. The standard InChI is InChI=1S/C48H78N4P2/c1-51-35-33-39(49-53(41-21-9-3-10-22-41,42-23-11-4-12-24-42)43-25-13-5-14-26-43)37-47(51)48-38-40(34-36-52(48)2)50-54(44-27-15-6-16-28-44,45-29-17-7-18-30-45)46-31-19-8-20-32-46/h33-38,41-46H,3-32H2,1-2H3/q+2. The van der Waals surface area contributed by atoms with Crippen molar-refractivity contribution in [3.8, 4) is 11.4 Å². The molecule has 0 atom stereocenters. The van der Waals surface area contributed by atoms with Gasteiger partial charge in [-0.2, -0.15) is 0 Å². The molecule has 2 aromatic heterocycles. The van der Waals surface area contributed by atoms with E-state index in [2.05, 4.69) is 59.9 Å². The van der Waals surface area contributed by atoms with Crippen molar-refractivity contribution in [2.75, 3.05) is 0 Å². The average Bonchev–Trinajstić information content (AvgIpc) is 3.25. The predicted octanol–water partition coefficient (Wildman–Crippen LogP) is 12.4. The van der Waals surface area contributed by atoms with Gasteiger partial charge in [0.2, 0.25) is 14.1 Å². The van der Waals surface area contributed by atoms with Gasteiger partial charge in [-0.1, -0.05) is 116 Å². The van der Waals surface area contributed by atoms with Crippen LogP contribution in [0, 0.1) is 0 Å². The molecule has 8 rings (SSSR count). The lowest BCUT2D eigenvalue weighted by Crippen LogP contribution is -2.34. The summed E-state index contributed by atoms with van der Waals surface area (Å²) in [7, 11) is 1.41. The van der Waals surface area contributed by atoms with Gasteiger partial charge in [-0.25, -0.2) is 0 Å². The molecule has 0 radical (unpaired) electrons. The van der Waals surface area contributed by atoms with Crippen LogP contribution in [0.2, 0.25) is 0 Å². The van der Waals surface area contributed by atoms with E-state index in [0.29, 0.717) is 0 Å². The van der Waals surface area contributed by atoms with E-state index in [0.717, 1.165) is 34.0 Å². The molecule has 298 valence electrons. The van der Waals surface area contributed by atoms with Gasteiger partial charge in [0.1, 0.15) is 0 Å². The molecule has 0 amide bonds. The summed E-state index contributed by atoms with van der Waals surface area (Å²) in [5.41, 5.74) is 7.83. The van der Waals surface area contributed by atoms with Crippen molar-refractivity contribution in [1.82, 2.24) is 18.0 Å². The van der Waals surface area contributed by atoms with E-state index >= 15 is 0 Å². The number of aryl methyl sites for hydroxylation is 2. The highest BCUT2D eigenvalue weighted by atomic mass is 31.2. The molecule has 6 aliphatic carbocycles. The largest absolute Gasteiger partial charge is 0.349 e. The van der Waals surface area contributed by atoms with Gasteiger partial charge in [0.15, 0.2) is 0 Å². The zero-order valence-corrected chi connectivity index (χ0v) is 36.6. The third kappa shape index (κ3) is 8.27. The second kappa shape index (κ2) is 18.4. The summed E-state index contributed by atoms with van der Waals surface area (Å²) in [5, 5.41) is 2.60. The van der Waals surface area contributed by atoms with Gasteiger partial charge in [0, 0.05) is 72.6 Å². The van der Waals surface area contributed by atoms with Gasteiger partial charge >= 0.3 is 10.7 Å². The van der Waals surface area contributed by atoms with E-state index in [4.69, 9.17) is 8.84 Å². The molecule has 6 aliphatic rings. The first-order chi connectivity index (χ1) is 26.6. The summed E-state index contributed by atoms with van der Waals surface area (Å²) in [5.74, 6) is 0. The summed E-state index contributed by atoms with van der Waals surface area (Å²) in [6.45, 7) is 0. The lowest BCUT2D eigenvalue weighted by molar-refractivity contribution is 0.454. The van der Waals surface area contributed by atoms with Crippen molar-refractivity contribution < 1.29 is 0 Å². The fraction of sp³-hybridized carbons (Fsp3) is 0.792. The molecule has 0 saturated heterocycles. The minimum absolute atomic E-state index is 0.865. The van der Waals surface area contributed by atoms with E-state index in [1.54, 1.807) is 0 Å². The normalized spacial score (nSPS) is 24.3. The number of rotatable bonds is 7. The number of hydrogen-bond donors (Lipinski definition) is 0. The highest BCUT2D eigenvalue weighted by Crippen LogP contribution is 2.69. The zero-order valence-electron chi connectivity index (χ0n) is 34.8.